The first-order valence-corrected chi connectivity index (χ1v) is 6.65. The van der Waals surface area contributed by atoms with Gasteiger partial charge in [0.25, 0.3) is 5.56 Å². The number of hydrogen-bond donors (Lipinski definition) is 5. The molecule has 0 spiro atoms. The van der Waals surface area contributed by atoms with Gasteiger partial charge in [0, 0.05) is 12.7 Å². The minimum absolute atomic E-state index is 0.0355. The van der Waals surface area contributed by atoms with Crippen molar-refractivity contribution in [2.75, 3.05) is 12.3 Å². The SMILES string of the molecule is NCc1cn([C@@H]2O[C@H](CO)C(O)[C@@H]2F)c2nc(N)[nH]c(=O)c12. The Morgan fingerprint density at radius 3 is 2.86 bits per heavy atom. The third kappa shape index (κ3) is 2.08. The van der Waals surface area contributed by atoms with Crippen molar-refractivity contribution in [2.45, 2.75) is 31.2 Å². The minimum atomic E-state index is -1.79. The van der Waals surface area contributed by atoms with Crippen LogP contribution in [0.15, 0.2) is 11.0 Å². The summed E-state index contributed by atoms with van der Waals surface area (Å²) < 4.78 is 20.9. The average molecular weight is 313 g/mol. The lowest BCUT2D eigenvalue weighted by Crippen LogP contribution is -2.30. The quantitative estimate of drug-likeness (QED) is 0.455. The molecule has 120 valence electrons. The second kappa shape index (κ2) is 5.32. The van der Waals surface area contributed by atoms with Crippen molar-refractivity contribution in [3.05, 3.63) is 22.1 Å². The van der Waals surface area contributed by atoms with Gasteiger partial charge >= 0.3 is 0 Å². The molecule has 4 atom stereocenters. The van der Waals surface area contributed by atoms with E-state index in [1.165, 1.54) is 10.8 Å². The first-order valence-electron chi connectivity index (χ1n) is 6.65. The summed E-state index contributed by atoms with van der Waals surface area (Å²) in [5, 5.41) is 19.0. The molecule has 10 heteroatoms. The molecule has 3 heterocycles. The molecule has 22 heavy (non-hydrogen) atoms. The van der Waals surface area contributed by atoms with Crippen LogP contribution in [-0.4, -0.2) is 49.7 Å². The maximum absolute atomic E-state index is 14.3. The van der Waals surface area contributed by atoms with Crippen LogP contribution in [0.3, 0.4) is 0 Å². The van der Waals surface area contributed by atoms with Gasteiger partial charge in [-0.25, -0.2) is 4.39 Å². The highest BCUT2D eigenvalue weighted by molar-refractivity contribution is 5.80. The molecule has 2 aromatic rings. The zero-order chi connectivity index (χ0) is 16.0. The fourth-order valence-corrected chi connectivity index (χ4v) is 2.68. The molecule has 1 aliphatic heterocycles. The van der Waals surface area contributed by atoms with E-state index in [1.807, 2.05) is 0 Å². The summed E-state index contributed by atoms with van der Waals surface area (Å²) >= 11 is 0. The Morgan fingerprint density at radius 2 is 2.27 bits per heavy atom. The molecule has 0 amide bonds. The van der Waals surface area contributed by atoms with E-state index in [1.54, 1.807) is 0 Å². The normalized spacial score (nSPS) is 28.5. The van der Waals surface area contributed by atoms with Gasteiger partial charge in [0.2, 0.25) is 5.95 Å². The van der Waals surface area contributed by atoms with E-state index in [9.17, 15) is 14.3 Å². The summed E-state index contributed by atoms with van der Waals surface area (Å²) in [5.41, 5.74) is 11.2. The number of nitrogens with one attached hydrogen (secondary N) is 1. The van der Waals surface area contributed by atoms with Gasteiger partial charge in [0.05, 0.1) is 12.0 Å². The summed E-state index contributed by atoms with van der Waals surface area (Å²) in [5.74, 6) is -0.131. The Kier molecular flexibility index (Phi) is 3.60. The monoisotopic (exact) mass is 313 g/mol. The number of aromatic nitrogens is 3. The van der Waals surface area contributed by atoms with Crippen molar-refractivity contribution in [2.24, 2.45) is 5.73 Å². The molecule has 1 aliphatic rings. The largest absolute Gasteiger partial charge is 0.394 e. The van der Waals surface area contributed by atoms with Gasteiger partial charge in [-0.15, -0.1) is 0 Å². The van der Waals surface area contributed by atoms with E-state index in [0.29, 0.717) is 5.56 Å². The number of nitrogen functional groups attached to an aromatic ring is 1. The molecule has 7 N–H and O–H groups in total. The Morgan fingerprint density at radius 1 is 1.55 bits per heavy atom. The van der Waals surface area contributed by atoms with Crippen LogP contribution in [0, 0.1) is 0 Å². The van der Waals surface area contributed by atoms with Gasteiger partial charge < -0.3 is 31.0 Å². The summed E-state index contributed by atoms with van der Waals surface area (Å²) in [6.07, 6.45) is -4.12. The first kappa shape index (κ1) is 14.9. The van der Waals surface area contributed by atoms with Crippen molar-refractivity contribution in [3.63, 3.8) is 0 Å². The number of aliphatic hydroxyl groups excluding tert-OH is 2. The standard InChI is InChI=1S/C12H16FN5O4/c13-7-8(20)5(3-19)22-11(7)18-2-4(1-14)6-9(18)16-12(15)17-10(6)21/h2,5,7-8,11,19-20H,1,3,14H2,(H3,15,16,17,21)/t5-,7+,8?,11-/m1/s1. The molecular weight excluding hydrogens is 297 g/mol. The van der Waals surface area contributed by atoms with Gasteiger partial charge in [-0.3, -0.25) is 9.78 Å². The van der Waals surface area contributed by atoms with Gasteiger partial charge in [-0.05, 0) is 5.56 Å². The van der Waals surface area contributed by atoms with Crippen LogP contribution in [0.1, 0.15) is 11.8 Å². The number of nitrogens with zero attached hydrogens (tertiary/aromatic N) is 2. The molecule has 0 radical (unpaired) electrons. The lowest BCUT2D eigenvalue weighted by Gasteiger charge is -2.15. The maximum Gasteiger partial charge on any atom is 0.262 e. The van der Waals surface area contributed by atoms with Crippen LogP contribution in [0.4, 0.5) is 10.3 Å². The molecule has 9 nitrogen and oxygen atoms in total. The van der Waals surface area contributed by atoms with Crippen LogP contribution in [0.2, 0.25) is 0 Å². The number of nitrogens with two attached hydrogens (primary N) is 2. The molecule has 0 saturated carbocycles. The van der Waals surface area contributed by atoms with Crippen LogP contribution in [0.5, 0.6) is 0 Å². The van der Waals surface area contributed by atoms with Crippen molar-refractivity contribution in [1.82, 2.24) is 14.5 Å². The molecule has 0 aromatic carbocycles. The van der Waals surface area contributed by atoms with Crippen molar-refractivity contribution < 1.29 is 19.3 Å². The number of aliphatic hydroxyl groups is 2. The molecule has 3 rings (SSSR count). The highest BCUT2D eigenvalue weighted by Gasteiger charge is 2.45. The molecule has 0 bridgehead atoms. The molecule has 1 saturated heterocycles. The maximum atomic E-state index is 14.3. The number of rotatable bonds is 3. The van der Waals surface area contributed by atoms with Crippen molar-refractivity contribution >= 4 is 17.0 Å². The predicted molar refractivity (Wildman–Crippen MR) is 74.6 cm³/mol. The number of fused-ring (bicyclic) bond motifs is 1. The number of ether oxygens (including phenoxy) is 1. The molecule has 1 unspecified atom stereocenters. The van der Waals surface area contributed by atoms with Gasteiger partial charge in [-0.1, -0.05) is 0 Å². The van der Waals surface area contributed by atoms with Crippen molar-refractivity contribution in [1.29, 1.82) is 0 Å². The number of halogens is 1. The molecular formula is C12H16FN5O4. The van der Waals surface area contributed by atoms with E-state index < -0.39 is 36.8 Å². The first-order chi connectivity index (χ1) is 10.5. The Labute approximate surface area is 123 Å². The lowest BCUT2D eigenvalue weighted by atomic mass is 10.1. The fourth-order valence-electron chi connectivity index (χ4n) is 2.68. The van der Waals surface area contributed by atoms with E-state index in [2.05, 4.69) is 9.97 Å². The van der Waals surface area contributed by atoms with Gasteiger partial charge in [-0.2, -0.15) is 4.98 Å². The zero-order valence-electron chi connectivity index (χ0n) is 11.4. The van der Waals surface area contributed by atoms with E-state index in [4.69, 9.17) is 21.3 Å². The van der Waals surface area contributed by atoms with Crippen LogP contribution < -0.4 is 17.0 Å². The lowest BCUT2D eigenvalue weighted by molar-refractivity contribution is -0.0457. The summed E-state index contributed by atoms with van der Waals surface area (Å²) in [6, 6.07) is 0. The summed E-state index contributed by atoms with van der Waals surface area (Å²) in [6.45, 7) is -0.495. The average Bonchev–Trinajstić information content (AvgIpc) is 2.98. The minimum Gasteiger partial charge on any atom is -0.394 e. The number of anilines is 1. The van der Waals surface area contributed by atoms with Crippen LogP contribution in [-0.2, 0) is 11.3 Å². The summed E-state index contributed by atoms with van der Waals surface area (Å²) in [4.78, 5) is 18.4. The Balaban J connectivity index is 2.18. The zero-order valence-corrected chi connectivity index (χ0v) is 11.4. The number of alkyl halides is 1. The molecule has 2 aromatic heterocycles. The fraction of sp³-hybridized carbons (Fsp3) is 0.500. The van der Waals surface area contributed by atoms with Crippen LogP contribution >= 0.6 is 0 Å². The van der Waals surface area contributed by atoms with Gasteiger partial charge in [0.15, 0.2) is 18.0 Å². The number of aromatic amines is 1. The third-order valence-corrected chi connectivity index (χ3v) is 3.75. The number of H-pyrrole nitrogens is 1. The van der Waals surface area contributed by atoms with E-state index in [0.717, 1.165) is 0 Å². The highest BCUT2D eigenvalue weighted by atomic mass is 19.1. The third-order valence-electron chi connectivity index (χ3n) is 3.75. The predicted octanol–water partition coefficient (Wildman–Crippen LogP) is -1.65. The Bertz CT molecular complexity index is 760. The van der Waals surface area contributed by atoms with Crippen LogP contribution in [0.25, 0.3) is 11.0 Å². The summed E-state index contributed by atoms with van der Waals surface area (Å²) in [7, 11) is 0. The second-order valence-electron chi connectivity index (χ2n) is 5.10. The smallest absolute Gasteiger partial charge is 0.262 e. The number of hydrogen-bond acceptors (Lipinski definition) is 7. The van der Waals surface area contributed by atoms with Gasteiger partial charge in [0.1, 0.15) is 12.2 Å². The van der Waals surface area contributed by atoms with E-state index >= 15 is 0 Å². The van der Waals surface area contributed by atoms with E-state index in [-0.39, 0.29) is 23.5 Å². The topological polar surface area (TPSA) is 152 Å². The highest BCUT2D eigenvalue weighted by Crippen LogP contribution is 2.34. The Hall–Kier alpha value is -2.01. The second-order valence-corrected chi connectivity index (χ2v) is 5.10. The van der Waals surface area contributed by atoms with Crippen molar-refractivity contribution in [3.8, 4) is 0 Å². The molecule has 0 aliphatic carbocycles. The molecule has 1 fully saturated rings.